The lowest BCUT2D eigenvalue weighted by Gasteiger charge is -2.39. The SMILES string of the molecule is NC(=O)C(O)C[C@H]1CCc2sc3ncnc(N[C@H]4CC[C@H](N5CCOCC5)CC4)c3c21. The zero-order valence-electron chi connectivity index (χ0n) is 17.8. The molecule has 1 unspecified atom stereocenters. The van der Waals surface area contributed by atoms with Gasteiger partial charge in [0.1, 0.15) is 23.1 Å². The van der Waals surface area contributed by atoms with Crippen molar-refractivity contribution in [3.05, 3.63) is 16.8 Å². The van der Waals surface area contributed by atoms with Crippen LogP contribution in [-0.2, 0) is 16.0 Å². The third kappa shape index (κ3) is 4.28. The molecule has 2 aromatic heterocycles. The number of primary amides is 1. The number of fused-ring (bicyclic) bond motifs is 3. The number of hydrogen-bond acceptors (Lipinski definition) is 8. The quantitative estimate of drug-likeness (QED) is 0.623. The fourth-order valence-electron chi connectivity index (χ4n) is 5.52. The Bertz CT molecular complexity index is 937. The van der Waals surface area contributed by atoms with Crippen molar-refractivity contribution >= 4 is 33.3 Å². The van der Waals surface area contributed by atoms with Crippen molar-refractivity contribution < 1.29 is 14.6 Å². The number of anilines is 1. The summed E-state index contributed by atoms with van der Waals surface area (Å²) in [6, 6.07) is 1.07. The van der Waals surface area contributed by atoms with Crippen LogP contribution >= 0.6 is 11.3 Å². The van der Waals surface area contributed by atoms with Gasteiger partial charge in [-0.25, -0.2) is 9.97 Å². The molecular formula is C22H31N5O3S. The van der Waals surface area contributed by atoms with E-state index in [9.17, 15) is 9.90 Å². The monoisotopic (exact) mass is 445 g/mol. The summed E-state index contributed by atoms with van der Waals surface area (Å²) in [7, 11) is 0. The van der Waals surface area contributed by atoms with Crippen LogP contribution in [0.25, 0.3) is 10.2 Å². The van der Waals surface area contributed by atoms with Crippen LogP contribution in [0.1, 0.15) is 54.9 Å². The summed E-state index contributed by atoms with van der Waals surface area (Å²) in [6.45, 7) is 3.81. The predicted molar refractivity (Wildman–Crippen MR) is 120 cm³/mol. The van der Waals surface area contributed by atoms with Crippen LogP contribution in [-0.4, -0.2) is 70.4 Å². The summed E-state index contributed by atoms with van der Waals surface area (Å²) in [5.74, 6) is 0.368. The molecule has 0 radical (unpaired) electrons. The lowest BCUT2D eigenvalue weighted by molar-refractivity contribution is -0.126. The minimum atomic E-state index is -1.11. The van der Waals surface area contributed by atoms with E-state index in [2.05, 4.69) is 20.2 Å². The fourth-order valence-corrected chi connectivity index (χ4v) is 6.76. The van der Waals surface area contributed by atoms with Gasteiger partial charge in [0, 0.05) is 30.1 Å². The van der Waals surface area contributed by atoms with Crippen LogP contribution in [0.4, 0.5) is 5.82 Å². The second-order valence-electron chi connectivity index (χ2n) is 9.03. The minimum Gasteiger partial charge on any atom is -0.383 e. The third-order valence-corrected chi connectivity index (χ3v) is 8.34. The number of nitrogens with one attached hydrogen (secondary N) is 1. The molecule has 0 aromatic carbocycles. The Morgan fingerprint density at radius 2 is 2.03 bits per heavy atom. The molecule has 3 aliphatic rings. The third-order valence-electron chi connectivity index (χ3n) is 7.17. The van der Waals surface area contributed by atoms with Gasteiger partial charge in [-0.3, -0.25) is 9.69 Å². The largest absolute Gasteiger partial charge is 0.383 e. The molecule has 0 spiro atoms. The number of thiophene rings is 1. The maximum absolute atomic E-state index is 11.4. The number of aliphatic hydroxyl groups is 1. The Morgan fingerprint density at radius 1 is 1.26 bits per heavy atom. The van der Waals surface area contributed by atoms with Gasteiger partial charge in [0.25, 0.3) is 0 Å². The number of morpholine rings is 1. The van der Waals surface area contributed by atoms with Gasteiger partial charge >= 0.3 is 0 Å². The molecule has 4 N–H and O–H groups in total. The zero-order chi connectivity index (χ0) is 21.4. The fraction of sp³-hybridized carbons (Fsp3) is 0.682. The molecule has 2 aromatic rings. The van der Waals surface area contributed by atoms with E-state index in [0.717, 1.165) is 68.0 Å². The highest BCUT2D eigenvalue weighted by Crippen LogP contribution is 2.47. The van der Waals surface area contributed by atoms with E-state index in [-0.39, 0.29) is 5.92 Å². The zero-order valence-corrected chi connectivity index (χ0v) is 18.6. The van der Waals surface area contributed by atoms with Gasteiger partial charge in [-0.05, 0) is 56.4 Å². The molecular weight excluding hydrogens is 414 g/mol. The molecule has 9 heteroatoms. The highest BCUT2D eigenvalue weighted by atomic mass is 32.1. The van der Waals surface area contributed by atoms with Gasteiger partial charge in [0.15, 0.2) is 0 Å². The minimum absolute atomic E-state index is 0.120. The van der Waals surface area contributed by atoms with Crippen molar-refractivity contribution in [2.45, 2.75) is 69.1 Å². The van der Waals surface area contributed by atoms with E-state index in [1.54, 1.807) is 17.7 Å². The van der Waals surface area contributed by atoms with E-state index >= 15 is 0 Å². The molecule has 2 atom stereocenters. The number of hydrogen-bond donors (Lipinski definition) is 3. The number of nitrogens with zero attached hydrogens (tertiary/aromatic N) is 3. The molecule has 5 rings (SSSR count). The Morgan fingerprint density at radius 3 is 2.77 bits per heavy atom. The summed E-state index contributed by atoms with van der Waals surface area (Å²) < 4.78 is 5.50. The van der Waals surface area contributed by atoms with Crippen molar-refractivity contribution in [3.8, 4) is 0 Å². The first kappa shape index (κ1) is 21.1. The second kappa shape index (κ2) is 8.97. The van der Waals surface area contributed by atoms with Crippen LogP contribution < -0.4 is 11.1 Å². The molecule has 1 saturated heterocycles. The van der Waals surface area contributed by atoms with Crippen LogP contribution in [0, 0.1) is 0 Å². The summed E-state index contributed by atoms with van der Waals surface area (Å²) in [6.07, 6.45) is 7.44. The molecule has 31 heavy (non-hydrogen) atoms. The van der Waals surface area contributed by atoms with Crippen molar-refractivity contribution in [1.82, 2.24) is 14.9 Å². The Hall–Kier alpha value is -1.81. The molecule has 2 fully saturated rings. The molecule has 3 heterocycles. The normalized spacial score (nSPS) is 27.8. The van der Waals surface area contributed by atoms with Crippen LogP contribution in [0.3, 0.4) is 0 Å². The van der Waals surface area contributed by atoms with Crippen molar-refractivity contribution in [3.63, 3.8) is 0 Å². The van der Waals surface area contributed by atoms with Crippen molar-refractivity contribution in [1.29, 1.82) is 0 Å². The van der Waals surface area contributed by atoms with Crippen LogP contribution in [0.5, 0.6) is 0 Å². The Kier molecular flexibility index (Phi) is 6.10. The number of nitrogens with two attached hydrogens (primary N) is 1. The average Bonchev–Trinajstić information content (AvgIpc) is 3.35. The number of aromatic nitrogens is 2. The summed E-state index contributed by atoms with van der Waals surface area (Å²) >= 11 is 1.71. The maximum atomic E-state index is 11.4. The lowest BCUT2D eigenvalue weighted by Crippen LogP contribution is -2.46. The number of carbonyl (C=O) groups excluding carboxylic acids is 1. The molecule has 168 valence electrons. The lowest BCUT2D eigenvalue weighted by atomic mass is 9.89. The van der Waals surface area contributed by atoms with E-state index in [1.807, 2.05) is 0 Å². The van der Waals surface area contributed by atoms with Gasteiger partial charge in [0.2, 0.25) is 5.91 Å². The van der Waals surface area contributed by atoms with E-state index in [0.29, 0.717) is 18.5 Å². The van der Waals surface area contributed by atoms with E-state index < -0.39 is 12.0 Å². The highest BCUT2D eigenvalue weighted by molar-refractivity contribution is 7.19. The second-order valence-corrected chi connectivity index (χ2v) is 10.1. The van der Waals surface area contributed by atoms with Gasteiger partial charge in [-0.2, -0.15) is 0 Å². The summed E-state index contributed by atoms with van der Waals surface area (Å²) in [5, 5.41) is 14.9. The first-order valence-corrected chi connectivity index (χ1v) is 12.2. The van der Waals surface area contributed by atoms with Gasteiger partial charge in [-0.15, -0.1) is 11.3 Å². The Labute approximate surface area is 186 Å². The number of aliphatic hydroxyl groups excluding tert-OH is 1. The van der Waals surface area contributed by atoms with E-state index in [1.165, 1.54) is 23.3 Å². The molecule has 0 bridgehead atoms. The topological polar surface area (TPSA) is 114 Å². The Balaban J connectivity index is 1.31. The average molecular weight is 446 g/mol. The summed E-state index contributed by atoms with van der Waals surface area (Å²) in [4.78, 5) is 25.4. The molecule has 2 aliphatic carbocycles. The molecule has 1 saturated carbocycles. The number of amides is 1. The predicted octanol–water partition coefficient (Wildman–Crippen LogP) is 2.01. The number of aryl methyl sites for hydroxylation is 1. The van der Waals surface area contributed by atoms with E-state index in [4.69, 9.17) is 10.5 Å². The van der Waals surface area contributed by atoms with Gasteiger partial charge in [0.05, 0.1) is 18.6 Å². The van der Waals surface area contributed by atoms with Gasteiger partial charge in [-0.1, -0.05) is 0 Å². The van der Waals surface area contributed by atoms with Gasteiger partial charge < -0.3 is 20.9 Å². The smallest absolute Gasteiger partial charge is 0.246 e. The molecule has 1 aliphatic heterocycles. The molecule has 1 amide bonds. The maximum Gasteiger partial charge on any atom is 0.246 e. The first-order chi connectivity index (χ1) is 15.1. The number of ether oxygens (including phenoxy) is 1. The molecule has 8 nitrogen and oxygen atoms in total. The standard InChI is InChI=1S/C22H31N5O3S/c23-20(29)16(28)11-13-1-6-17-18(13)19-21(24-12-25-22(19)31-17)26-14-2-4-15(5-3-14)27-7-9-30-10-8-27/h12-16,28H,1-11H2,(H2,23,29)(H,24,25,26)/t13-,14-,15-,16?/m1/s1. The van der Waals surface area contributed by atoms with Crippen LogP contribution in [0.2, 0.25) is 0 Å². The van der Waals surface area contributed by atoms with Crippen molar-refractivity contribution in [2.24, 2.45) is 5.73 Å². The number of rotatable bonds is 6. The highest BCUT2D eigenvalue weighted by Gasteiger charge is 2.33. The number of carbonyl (C=O) groups is 1. The van der Waals surface area contributed by atoms with Crippen LogP contribution in [0.15, 0.2) is 6.33 Å². The van der Waals surface area contributed by atoms with Crippen molar-refractivity contribution in [2.75, 3.05) is 31.6 Å². The first-order valence-electron chi connectivity index (χ1n) is 11.4. The summed E-state index contributed by atoms with van der Waals surface area (Å²) in [5.41, 5.74) is 6.52.